The Morgan fingerprint density at radius 2 is 2.00 bits per heavy atom. The van der Waals surface area contributed by atoms with E-state index in [1.54, 1.807) is 11.8 Å². The molecule has 1 amide bonds. The maximum atomic E-state index is 13.3. The Kier molecular flexibility index (Phi) is 5.20. The Balaban J connectivity index is 1.18. The van der Waals surface area contributed by atoms with E-state index in [0.717, 1.165) is 43.5 Å². The van der Waals surface area contributed by atoms with Crippen LogP contribution in [0.2, 0.25) is 0 Å². The van der Waals surface area contributed by atoms with Gasteiger partial charge in [-0.05, 0) is 68.5 Å². The molecule has 1 saturated carbocycles. The first-order valence-electron chi connectivity index (χ1n) is 11.0. The van der Waals surface area contributed by atoms with Crippen LogP contribution in [0.1, 0.15) is 57.7 Å². The van der Waals surface area contributed by atoms with Gasteiger partial charge in [-0.1, -0.05) is 0 Å². The third-order valence-electron chi connectivity index (χ3n) is 7.04. The van der Waals surface area contributed by atoms with Gasteiger partial charge in [0.1, 0.15) is 12.9 Å². The van der Waals surface area contributed by atoms with Gasteiger partial charge in [0.25, 0.3) is 0 Å². The van der Waals surface area contributed by atoms with Crippen molar-refractivity contribution in [2.75, 3.05) is 13.2 Å². The van der Waals surface area contributed by atoms with Crippen molar-refractivity contribution < 1.29 is 14.3 Å². The van der Waals surface area contributed by atoms with Gasteiger partial charge in [0.2, 0.25) is 5.91 Å². The van der Waals surface area contributed by atoms with Crippen molar-refractivity contribution in [1.29, 1.82) is 0 Å². The molecule has 2 aromatic heterocycles. The number of nitrogens with one attached hydrogen (secondary N) is 1. The normalized spacial score (nSPS) is 26.8. The highest BCUT2D eigenvalue weighted by Gasteiger charge is 2.50. The number of tetrazole rings is 1. The first-order chi connectivity index (χ1) is 15.5. The number of likely N-dealkylation sites (tertiary alicyclic amines) is 1. The molecule has 11 heteroatoms. The van der Waals surface area contributed by atoms with Crippen molar-refractivity contribution in [1.82, 2.24) is 40.6 Å². The molecule has 5 rings (SSSR count). The van der Waals surface area contributed by atoms with Crippen LogP contribution in [0.4, 0.5) is 0 Å². The lowest BCUT2D eigenvalue weighted by atomic mass is 9.71. The third-order valence-corrected chi connectivity index (χ3v) is 7.04. The summed E-state index contributed by atoms with van der Waals surface area (Å²) in [5.41, 5.74) is 1.84. The van der Waals surface area contributed by atoms with E-state index in [-0.39, 0.29) is 29.9 Å². The van der Waals surface area contributed by atoms with E-state index in [2.05, 4.69) is 38.0 Å². The summed E-state index contributed by atoms with van der Waals surface area (Å²) < 4.78 is 6.57. The zero-order chi connectivity index (χ0) is 22.3. The molecule has 0 radical (unpaired) electrons. The van der Waals surface area contributed by atoms with E-state index in [4.69, 9.17) is 4.74 Å². The molecule has 3 aliphatic rings. The van der Waals surface area contributed by atoms with Crippen LogP contribution in [0.25, 0.3) is 5.82 Å². The number of nitrogens with zero attached hydrogens (tertiary/aromatic N) is 7. The summed E-state index contributed by atoms with van der Waals surface area (Å²) >= 11 is 0. The molecule has 0 bridgehead atoms. The molecule has 1 spiro atoms. The number of esters is 1. The largest absolute Gasteiger partial charge is 0.456 e. The van der Waals surface area contributed by atoms with E-state index in [1.165, 1.54) is 11.0 Å². The number of ether oxygens (including phenoxy) is 1. The first-order valence-corrected chi connectivity index (χ1v) is 11.0. The molecule has 2 aliphatic heterocycles. The Morgan fingerprint density at radius 1 is 1.19 bits per heavy atom. The Morgan fingerprint density at radius 3 is 2.62 bits per heavy atom. The lowest BCUT2D eigenvalue weighted by Gasteiger charge is -2.37. The predicted octanol–water partition coefficient (Wildman–Crippen LogP) is 1.09. The molecule has 2 aromatic rings. The number of carbonyl (C=O) groups is 2. The first kappa shape index (κ1) is 20.7. The number of rotatable bonds is 5. The lowest BCUT2D eigenvalue weighted by Crippen LogP contribution is -2.42. The lowest BCUT2D eigenvalue weighted by molar-refractivity contribution is -0.138. The Labute approximate surface area is 185 Å². The second-order valence-electron chi connectivity index (χ2n) is 8.87. The van der Waals surface area contributed by atoms with Crippen LogP contribution in [-0.4, -0.2) is 66.4 Å². The zero-order valence-electron chi connectivity index (χ0n) is 18.2. The average molecular weight is 438 g/mol. The minimum Gasteiger partial charge on any atom is -0.456 e. The van der Waals surface area contributed by atoms with Gasteiger partial charge in [0.15, 0.2) is 5.82 Å². The standard InChI is InChI=1S/C21H26N8O3/c1-13-17(11-32-19(13)30)28-10-9-21(20(28)31)7-5-15(6-8-21)23-14(2)16-3-4-18(25-24-16)29-12-22-26-27-29/h3-4,12,14-15,23H,5-11H2,1-2H3. The van der Waals surface area contributed by atoms with Gasteiger partial charge in [-0.2, -0.15) is 9.78 Å². The molecule has 1 unspecified atom stereocenters. The van der Waals surface area contributed by atoms with E-state index in [1.807, 2.05) is 12.1 Å². The van der Waals surface area contributed by atoms with Gasteiger partial charge in [-0.15, -0.1) is 10.2 Å². The van der Waals surface area contributed by atoms with Crippen LogP contribution < -0.4 is 5.32 Å². The Bertz CT molecular complexity index is 1040. The number of carbonyl (C=O) groups excluding carboxylic acids is 2. The molecule has 32 heavy (non-hydrogen) atoms. The molecule has 0 aromatic carbocycles. The van der Waals surface area contributed by atoms with E-state index in [0.29, 0.717) is 24.0 Å². The minimum absolute atomic E-state index is 0.0368. The molecular weight excluding hydrogens is 412 g/mol. The van der Waals surface area contributed by atoms with Gasteiger partial charge in [-0.3, -0.25) is 4.79 Å². The highest BCUT2D eigenvalue weighted by molar-refractivity contribution is 5.94. The van der Waals surface area contributed by atoms with Crippen LogP contribution in [0.15, 0.2) is 29.7 Å². The maximum absolute atomic E-state index is 13.3. The van der Waals surface area contributed by atoms with Gasteiger partial charge in [-0.25, -0.2) is 4.79 Å². The predicted molar refractivity (Wildman–Crippen MR) is 111 cm³/mol. The summed E-state index contributed by atoms with van der Waals surface area (Å²) in [5, 5.41) is 23.2. The van der Waals surface area contributed by atoms with Crippen molar-refractivity contribution in [3.05, 3.63) is 35.4 Å². The van der Waals surface area contributed by atoms with E-state index >= 15 is 0 Å². The fourth-order valence-corrected chi connectivity index (χ4v) is 5.02. The van der Waals surface area contributed by atoms with Crippen molar-refractivity contribution >= 4 is 11.9 Å². The van der Waals surface area contributed by atoms with Gasteiger partial charge in [0, 0.05) is 18.6 Å². The fourth-order valence-electron chi connectivity index (χ4n) is 5.02. The van der Waals surface area contributed by atoms with Crippen LogP contribution in [0.5, 0.6) is 0 Å². The Hall–Kier alpha value is -3.21. The van der Waals surface area contributed by atoms with Crippen molar-refractivity contribution in [3.63, 3.8) is 0 Å². The SMILES string of the molecule is CC1=C(N2CCC3(CCC(NC(C)c4ccc(-n5cnnn5)nn4)CC3)C2=O)COC1=O. The molecule has 1 aliphatic carbocycles. The van der Waals surface area contributed by atoms with Crippen molar-refractivity contribution in [3.8, 4) is 5.82 Å². The average Bonchev–Trinajstić information content (AvgIpc) is 3.53. The van der Waals surface area contributed by atoms with Gasteiger partial charge in [0.05, 0.1) is 22.4 Å². The molecule has 11 nitrogen and oxygen atoms in total. The van der Waals surface area contributed by atoms with Crippen LogP contribution in [-0.2, 0) is 14.3 Å². The number of amides is 1. The summed E-state index contributed by atoms with van der Waals surface area (Å²) in [5.74, 6) is 0.403. The van der Waals surface area contributed by atoms with Crippen LogP contribution >= 0.6 is 0 Å². The second-order valence-corrected chi connectivity index (χ2v) is 8.87. The van der Waals surface area contributed by atoms with Crippen molar-refractivity contribution in [2.24, 2.45) is 5.41 Å². The quantitative estimate of drug-likeness (QED) is 0.682. The number of hydrogen-bond acceptors (Lipinski definition) is 9. The fraction of sp³-hybridized carbons (Fsp3) is 0.571. The highest BCUT2D eigenvalue weighted by Crippen LogP contribution is 2.46. The smallest absolute Gasteiger partial charge is 0.336 e. The second kappa shape index (κ2) is 8.05. The third kappa shape index (κ3) is 3.56. The van der Waals surface area contributed by atoms with E-state index < -0.39 is 0 Å². The molecule has 2 fully saturated rings. The van der Waals surface area contributed by atoms with E-state index in [9.17, 15) is 9.59 Å². The monoisotopic (exact) mass is 438 g/mol. The number of aromatic nitrogens is 6. The maximum Gasteiger partial charge on any atom is 0.336 e. The summed E-state index contributed by atoms with van der Waals surface area (Å²) in [6.45, 7) is 4.69. The molecular formula is C21H26N8O3. The number of hydrogen-bond donors (Lipinski definition) is 1. The van der Waals surface area contributed by atoms with Crippen molar-refractivity contribution in [2.45, 2.75) is 58.0 Å². The molecule has 1 N–H and O–H groups in total. The molecule has 1 saturated heterocycles. The van der Waals surface area contributed by atoms with Gasteiger partial charge < -0.3 is 15.0 Å². The molecule has 1 atom stereocenters. The molecule has 168 valence electrons. The van der Waals surface area contributed by atoms with Gasteiger partial charge >= 0.3 is 5.97 Å². The molecule has 4 heterocycles. The summed E-state index contributed by atoms with van der Waals surface area (Å²) in [6.07, 6.45) is 5.85. The minimum atomic E-state index is -0.315. The zero-order valence-corrected chi connectivity index (χ0v) is 18.2. The topological polar surface area (TPSA) is 128 Å². The summed E-state index contributed by atoms with van der Waals surface area (Å²) in [7, 11) is 0. The van der Waals surface area contributed by atoms with Crippen LogP contribution in [0, 0.1) is 5.41 Å². The summed E-state index contributed by atoms with van der Waals surface area (Å²) in [6, 6.07) is 4.11. The summed E-state index contributed by atoms with van der Waals surface area (Å²) in [4.78, 5) is 26.8. The number of cyclic esters (lactones) is 1. The van der Waals surface area contributed by atoms with Crippen LogP contribution in [0.3, 0.4) is 0 Å². The highest BCUT2D eigenvalue weighted by atomic mass is 16.5.